The Kier molecular flexibility index (Phi) is 3.35. The molecule has 0 saturated heterocycles. The summed E-state index contributed by atoms with van der Waals surface area (Å²) in [5, 5.41) is 0. The third kappa shape index (κ3) is 2.71. The summed E-state index contributed by atoms with van der Waals surface area (Å²) < 4.78 is 5.07. The van der Waals surface area contributed by atoms with E-state index in [1.54, 1.807) is 42.7 Å². The van der Waals surface area contributed by atoms with Gasteiger partial charge in [-0.3, -0.25) is 0 Å². The summed E-state index contributed by atoms with van der Waals surface area (Å²) in [6.07, 6.45) is 1.57. The minimum absolute atomic E-state index is 0.353. The van der Waals surface area contributed by atoms with Gasteiger partial charge < -0.3 is 9.25 Å². The Hall–Kier alpha value is -2.07. The second-order valence-electron chi connectivity index (χ2n) is 3.16. The number of hydrogen-bond donors (Lipinski definition) is 1. The van der Waals surface area contributed by atoms with Gasteiger partial charge in [-0.05, 0) is 24.3 Å². The van der Waals surface area contributed by atoms with Crippen LogP contribution in [0.1, 0.15) is 16.1 Å². The predicted octanol–water partition coefficient (Wildman–Crippen LogP) is 2.14. The Labute approximate surface area is 92.8 Å². The Morgan fingerprint density at radius 1 is 1.19 bits per heavy atom. The van der Waals surface area contributed by atoms with Crippen molar-refractivity contribution in [1.29, 1.82) is 0 Å². The topological polar surface area (TPSA) is 51.5 Å². The molecule has 0 radical (unpaired) electrons. The molecule has 16 heavy (non-hydrogen) atoms. The summed E-state index contributed by atoms with van der Waals surface area (Å²) in [4.78, 5) is 16.3. The zero-order chi connectivity index (χ0) is 11.2. The van der Waals surface area contributed by atoms with E-state index in [-0.39, 0.29) is 0 Å². The van der Waals surface area contributed by atoms with Gasteiger partial charge in [0.2, 0.25) is 0 Å². The van der Waals surface area contributed by atoms with Crippen molar-refractivity contribution in [3.63, 3.8) is 0 Å². The normalized spacial score (nSPS) is 10.0. The first-order valence-electron chi connectivity index (χ1n) is 4.88. The maximum atomic E-state index is 11.5. The van der Waals surface area contributed by atoms with E-state index in [0.29, 0.717) is 17.9 Å². The fourth-order valence-corrected chi connectivity index (χ4v) is 1.22. The van der Waals surface area contributed by atoms with Crippen LogP contribution in [0.5, 0.6) is 0 Å². The second-order valence-corrected chi connectivity index (χ2v) is 3.16. The van der Waals surface area contributed by atoms with E-state index >= 15 is 0 Å². The standard InChI is InChI=1S/C12H11NO3/c14-12(10-5-2-1-3-6-10)16-13-9-11-7-4-8-15-11/h1-8,13H,9H2. The van der Waals surface area contributed by atoms with Crippen molar-refractivity contribution in [3.8, 4) is 0 Å². The predicted molar refractivity (Wildman–Crippen MR) is 57.4 cm³/mol. The van der Waals surface area contributed by atoms with Crippen molar-refractivity contribution >= 4 is 5.97 Å². The summed E-state index contributed by atoms with van der Waals surface area (Å²) in [5.41, 5.74) is 3.05. The van der Waals surface area contributed by atoms with Gasteiger partial charge in [-0.15, -0.1) is 5.48 Å². The van der Waals surface area contributed by atoms with Crippen LogP contribution in [0.25, 0.3) is 0 Å². The maximum absolute atomic E-state index is 11.5. The molecule has 0 saturated carbocycles. The second kappa shape index (κ2) is 5.14. The van der Waals surface area contributed by atoms with Crippen molar-refractivity contribution in [3.05, 3.63) is 60.1 Å². The highest BCUT2D eigenvalue weighted by molar-refractivity contribution is 5.89. The first-order valence-corrected chi connectivity index (χ1v) is 4.88. The van der Waals surface area contributed by atoms with E-state index in [4.69, 9.17) is 9.25 Å². The van der Waals surface area contributed by atoms with Crippen LogP contribution in [-0.4, -0.2) is 5.97 Å². The van der Waals surface area contributed by atoms with Gasteiger partial charge in [-0.25, -0.2) is 4.79 Å². The van der Waals surface area contributed by atoms with Gasteiger partial charge in [0.15, 0.2) is 0 Å². The third-order valence-electron chi connectivity index (χ3n) is 2.00. The van der Waals surface area contributed by atoms with Crippen LogP contribution in [0, 0.1) is 0 Å². The smallest absolute Gasteiger partial charge is 0.356 e. The number of carbonyl (C=O) groups is 1. The SMILES string of the molecule is O=C(ONCc1ccco1)c1ccccc1. The van der Waals surface area contributed by atoms with Gasteiger partial charge in [-0.1, -0.05) is 18.2 Å². The van der Waals surface area contributed by atoms with Gasteiger partial charge in [0.05, 0.1) is 18.4 Å². The first-order chi connectivity index (χ1) is 7.86. The van der Waals surface area contributed by atoms with Crippen molar-refractivity contribution in [1.82, 2.24) is 5.48 Å². The summed E-state index contributed by atoms with van der Waals surface area (Å²) in [7, 11) is 0. The first kappa shape index (κ1) is 10.4. The number of furan rings is 1. The minimum atomic E-state index is -0.410. The molecule has 2 aromatic rings. The van der Waals surface area contributed by atoms with Crippen LogP contribution in [0.3, 0.4) is 0 Å². The zero-order valence-electron chi connectivity index (χ0n) is 8.55. The highest BCUT2D eigenvalue weighted by atomic mass is 16.7. The quantitative estimate of drug-likeness (QED) is 0.797. The number of hydroxylamine groups is 1. The van der Waals surface area contributed by atoms with Crippen LogP contribution < -0.4 is 5.48 Å². The fourth-order valence-electron chi connectivity index (χ4n) is 1.22. The lowest BCUT2D eigenvalue weighted by atomic mass is 10.2. The minimum Gasteiger partial charge on any atom is -0.468 e. The average Bonchev–Trinajstić information content (AvgIpc) is 2.83. The highest BCUT2D eigenvalue weighted by Gasteiger charge is 2.05. The van der Waals surface area contributed by atoms with Crippen molar-refractivity contribution < 1.29 is 14.0 Å². The molecule has 0 unspecified atom stereocenters. The lowest BCUT2D eigenvalue weighted by Gasteiger charge is -2.03. The molecule has 0 atom stereocenters. The molecule has 0 aliphatic heterocycles. The maximum Gasteiger partial charge on any atom is 0.356 e. The Morgan fingerprint density at radius 3 is 2.69 bits per heavy atom. The van der Waals surface area contributed by atoms with Crippen LogP contribution in [-0.2, 0) is 11.4 Å². The lowest BCUT2D eigenvalue weighted by Crippen LogP contribution is -2.19. The molecule has 1 aromatic heterocycles. The molecule has 0 aliphatic rings. The molecule has 4 nitrogen and oxygen atoms in total. The summed E-state index contributed by atoms with van der Waals surface area (Å²) in [6.45, 7) is 0.353. The highest BCUT2D eigenvalue weighted by Crippen LogP contribution is 2.01. The number of carbonyl (C=O) groups excluding carboxylic acids is 1. The number of hydrogen-bond acceptors (Lipinski definition) is 4. The Balaban J connectivity index is 1.81. The molecular weight excluding hydrogens is 206 g/mol. The Morgan fingerprint density at radius 2 is 2.00 bits per heavy atom. The van der Waals surface area contributed by atoms with Gasteiger partial charge in [-0.2, -0.15) is 0 Å². The van der Waals surface area contributed by atoms with E-state index in [1.807, 2.05) is 6.07 Å². The lowest BCUT2D eigenvalue weighted by molar-refractivity contribution is 0.0225. The zero-order valence-corrected chi connectivity index (χ0v) is 8.55. The van der Waals surface area contributed by atoms with Gasteiger partial charge >= 0.3 is 5.97 Å². The molecule has 1 heterocycles. The number of benzene rings is 1. The summed E-state index contributed by atoms with van der Waals surface area (Å²) in [6, 6.07) is 12.4. The Bertz CT molecular complexity index is 437. The summed E-state index contributed by atoms with van der Waals surface area (Å²) >= 11 is 0. The van der Waals surface area contributed by atoms with Gasteiger partial charge in [0.1, 0.15) is 5.76 Å². The molecule has 1 aromatic carbocycles. The fraction of sp³-hybridized carbons (Fsp3) is 0.0833. The molecule has 0 bridgehead atoms. The summed E-state index contributed by atoms with van der Waals surface area (Å²) in [5.74, 6) is 0.299. The van der Waals surface area contributed by atoms with Gasteiger partial charge in [0.25, 0.3) is 0 Å². The molecule has 1 N–H and O–H groups in total. The molecule has 82 valence electrons. The van der Waals surface area contributed by atoms with Crippen LogP contribution in [0.4, 0.5) is 0 Å². The van der Waals surface area contributed by atoms with E-state index in [9.17, 15) is 4.79 Å². The van der Waals surface area contributed by atoms with Gasteiger partial charge in [0, 0.05) is 0 Å². The van der Waals surface area contributed by atoms with Crippen LogP contribution in [0.15, 0.2) is 53.1 Å². The molecule has 4 heteroatoms. The van der Waals surface area contributed by atoms with Crippen LogP contribution >= 0.6 is 0 Å². The van der Waals surface area contributed by atoms with Crippen LogP contribution in [0.2, 0.25) is 0 Å². The molecule has 0 spiro atoms. The molecule has 0 aliphatic carbocycles. The van der Waals surface area contributed by atoms with E-state index in [1.165, 1.54) is 0 Å². The molecule has 2 rings (SSSR count). The van der Waals surface area contributed by atoms with Crippen molar-refractivity contribution in [2.24, 2.45) is 0 Å². The monoisotopic (exact) mass is 217 g/mol. The van der Waals surface area contributed by atoms with E-state index < -0.39 is 5.97 Å². The molecule has 0 fully saturated rings. The van der Waals surface area contributed by atoms with Crippen molar-refractivity contribution in [2.45, 2.75) is 6.54 Å². The molecule has 0 amide bonds. The number of rotatable bonds is 4. The van der Waals surface area contributed by atoms with E-state index in [2.05, 4.69) is 5.48 Å². The largest absolute Gasteiger partial charge is 0.468 e. The van der Waals surface area contributed by atoms with Crippen molar-refractivity contribution in [2.75, 3.05) is 0 Å². The number of nitrogens with one attached hydrogen (secondary N) is 1. The molecular formula is C12H11NO3. The third-order valence-corrected chi connectivity index (χ3v) is 2.00. The average molecular weight is 217 g/mol. The van der Waals surface area contributed by atoms with E-state index in [0.717, 1.165) is 0 Å².